The summed E-state index contributed by atoms with van der Waals surface area (Å²) in [5.41, 5.74) is -1.57. The van der Waals surface area contributed by atoms with Crippen LogP contribution in [0.2, 0.25) is 0 Å². The van der Waals surface area contributed by atoms with Gasteiger partial charge in [-0.3, -0.25) is 9.59 Å². The van der Waals surface area contributed by atoms with E-state index in [2.05, 4.69) is 6.92 Å². The van der Waals surface area contributed by atoms with Crippen LogP contribution in [0, 0.1) is 5.41 Å². The van der Waals surface area contributed by atoms with Crippen LogP contribution >= 0.6 is 0 Å². The Labute approximate surface area is 183 Å². The normalized spacial score (nSPS) is 10.2. The monoisotopic (exact) mass is 308 g/mol. The summed E-state index contributed by atoms with van der Waals surface area (Å²) in [6.07, 6.45) is 5.93. The zero-order chi connectivity index (χ0) is 13.3. The molecule has 0 fully saturated rings. The first-order valence-electron chi connectivity index (χ1n) is 6.48. The van der Waals surface area contributed by atoms with Gasteiger partial charge in [-0.2, -0.15) is 0 Å². The SMILES string of the molecule is CCCCCCCC(CCC)(C(=O)O)C(=O)O.[H-].[H-].[K+].[Na+]. The van der Waals surface area contributed by atoms with Crippen LogP contribution in [0.5, 0.6) is 0 Å². The number of unbranched alkanes of at least 4 members (excludes halogenated alkanes) is 4. The van der Waals surface area contributed by atoms with E-state index in [1.54, 1.807) is 0 Å². The van der Waals surface area contributed by atoms with E-state index in [4.69, 9.17) is 10.2 Å². The molecule has 0 atom stereocenters. The Hall–Kier alpha value is 1.58. The predicted octanol–water partition coefficient (Wildman–Crippen LogP) is -2.46. The average molecular weight is 308 g/mol. The summed E-state index contributed by atoms with van der Waals surface area (Å²) in [4.78, 5) is 22.4. The third kappa shape index (κ3) is 9.25. The van der Waals surface area contributed by atoms with Crippen LogP contribution < -0.4 is 80.9 Å². The van der Waals surface area contributed by atoms with E-state index in [0.29, 0.717) is 12.8 Å². The molecule has 0 saturated carbocycles. The van der Waals surface area contributed by atoms with Crippen LogP contribution in [0.3, 0.4) is 0 Å². The van der Waals surface area contributed by atoms with Crippen molar-refractivity contribution in [3.63, 3.8) is 0 Å². The molecule has 0 aliphatic heterocycles. The third-order valence-corrected chi connectivity index (χ3v) is 3.20. The topological polar surface area (TPSA) is 74.6 Å². The molecule has 19 heavy (non-hydrogen) atoms. The molecule has 2 N–H and O–H groups in total. The molecule has 0 aromatic carbocycles. The average Bonchev–Trinajstić information content (AvgIpc) is 2.26. The largest absolute Gasteiger partial charge is 1.00 e. The molecule has 0 spiro atoms. The van der Waals surface area contributed by atoms with E-state index >= 15 is 0 Å². The number of carboxylic acids is 2. The van der Waals surface area contributed by atoms with Crippen molar-refractivity contribution in [1.29, 1.82) is 0 Å². The standard InChI is InChI=1S/C13H24O4.K.Na.2H/c1-3-5-6-7-8-10-13(9-4-2,11(14)15)12(16)17;;;;/h3-10H2,1-2H3,(H,14,15)(H,16,17);;;;/q;2*+1;2*-1. The number of hydrogen-bond donors (Lipinski definition) is 2. The van der Waals surface area contributed by atoms with Gasteiger partial charge in [0.1, 0.15) is 0 Å². The second-order valence-corrected chi connectivity index (χ2v) is 4.61. The van der Waals surface area contributed by atoms with Gasteiger partial charge in [0.05, 0.1) is 0 Å². The number of aliphatic carboxylic acids is 2. The summed E-state index contributed by atoms with van der Waals surface area (Å²) in [7, 11) is 0. The van der Waals surface area contributed by atoms with Crippen molar-refractivity contribution in [1.82, 2.24) is 0 Å². The van der Waals surface area contributed by atoms with Crippen LogP contribution in [-0.2, 0) is 9.59 Å². The quantitative estimate of drug-likeness (QED) is 0.267. The van der Waals surface area contributed by atoms with Gasteiger partial charge >= 0.3 is 92.9 Å². The van der Waals surface area contributed by atoms with Gasteiger partial charge < -0.3 is 13.1 Å². The van der Waals surface area contributed by atoms with Crippen molar-refractivity contribution in [2.45, 2.75) is 65.2 Å². The molecule has 0 unspecified atom stereocenters. The summed E-state index contributed by atoms with van der Waals surface area (Å²) in [6.45, 7) is 3.92. The minimum atomic E-state index is -1.57. The van der Waals surface area contributed by atoms with Gasteiger partial charge in [-0.15, -0.1) is 0 Å². The summed E-state index contributed by atoms with van der Waals surface area (Å²) in [5, 5.41) is 18.3. The maximum Gasteiger partial charge on any atom is 1.00 e. The fourth-order valence-electron chi connectivity index (χ4n) is 2.10. The molecule has 0 radical (unpaired) electrons. The van der Waals surface area contributed by atoms with Crippen LogP contribution in [0.1, 0.15) is 68.1 Å². The Morgan fingerprint density at radius 3 is 1.74 bits per heavy atom. The maximum atomic E-state index is 11.2. The summed E-state index contributed by atoms with van der Waals surface area (Å²) in [5.74, 6) is -2.38. The predicted molar refractivity (Wildman–Crippen MR) is 68.2 cm³/mol. The van der Waals surface area contributed by atoms with Gasteiger partial charge in [0, 0.05) is 0 Å². The molecule has 0 aromatic heterocycles. The zero-order valence-electron chi connectivity index (χ0n) is 14.9. The van der Waals surface area contributed by atoms with Crippen molar-refractivity contribution in [3.8, 4) is 0 Å². The molecule has 0 aromatic rings. The smallest absolute Gasteiger partial charge is 1.00 e. The Balaban J connectivity index is -0.000000213. The van der Waals surface area contributed by atoms with Crippen molar-refractivity contribution in [3.05, 3.63) is 0 Å². The fourth-order valence-corrected chi connectivity index (χ4v) is 2.10. The summed E-state index contributed by atoms with van der Waals surface area (Å²) < 4.78 is 0. The Morgan fingerprint density at radius 2 is 1.37 bits per heavy atom. The molecule has 0 aliphatic carbocycles. The van der Waals surface area contributed by atoms with E-state index in [0.717, 1.165) is 25.7 Å². The first-order valence-corrected chi connectivity index (χ1v) is 6.48. The first-order chi connectivity index (χ1) is 8.01. The zero-order valence-corrected chi connectivity index (χ0v) is 18.0. The van der Waals surface area contributed by atoms with Crippen molar-refractivity contribution >= 4 is 11.9 Å². The Kier molecular flexibility index (Phi) is 19.5. The number of rotatable bonds is 10. The molecule has 0 rings (SSSR count). The summed E-state index contributed by atoms with van der Waals surface area (Å²) in [6, 6.07) is 0. The van der Waals surface area contributed by atoms with Gasteiger partial charge in [-0.25, -0.2) is 0 Å². The first kappa shape index (κ1) is 25.5. The van der Waals surface area contributed by atoms with Crippen molar-refractivity contribution in [2.24, 2.45) is 5.41 Å². The molecule has 6 heteroatoms. The van der Waals surface area contributed by atoms with E-state index < -0.39 is 17.4 Å². The van der Waals surface area contributed by atoms with Crippen molar-refractivity contribution in [2.75, 3.05) is 0 Å². The molecule has 0 heterocycles. The molecule has 104 valence electrons. The number of carboxylic acid groups (broad SMARTS) is 2. The van der Waals surface area contributed by atoms with E-state index in [1.807, 2.05) is 6.92 Å². The van der Waals surface area contributed by atoms with Gasteiger partial charge in [-0.05, 0) is 12.8 Å². The number of carbonyl (C=O) groups is 2. The Morgan fingerprint density at radius 1 is 0.895 bits per heavy atom. The van der Waals surface area contributed by atoms with Gasteiger partial charge in [0.15, 0.2) is 5.41 Å². The molecule has 0 saturated heterocycles. The molecular weight excluding hydrogens is 282 g/mol. The van der Waals surface area contributed by atoms with Crippen molar-refractivity contribution < 1.29 is 104 Å². The van der Waals surface area contributed by atoms with E-state index in [-0.39, 0.29) is 96.6 Å². The van der Waals surface area contributed by atoms with Gasteiger partial charge in [-0.1, -0.05) is 52.4 Å². The van der Waals surface area contributed by atoms with E-state index in [9.17, 15) is 9.59 Å². The van der Waals surface area contributed by atoms with E-state index in [1.165, 1.54) is 0 Å². The van der Waals surface area contributed by atoms with Gasteiger partial charge in [0.25, 0.3) is 0 Å². The second kappa shape index (κ2) is 14.5. The maximum absolute atomic E-state index is 11.2. The molecule has 0 amide bonds. The minimum Gasteiger partial charge on any atom is -1.00 e. The van der Waals surface area contributed by atoms with Gasteiger partial charge in [0.2, 0.25) is 0 Å². The van der Waals surface area contributed by atoms with Crippen LogP contribution in [0.15, 0.2) is 0 Å². The molecular formula is C13H26KNaO4. The fraction of sp³-hybridized carbons (Fsp3) is 0.846. The Bertz CT molecular complexity index is 255. The number of hydrogen-bond acceptors (Lipinski definition) is 2. The van der Waals surface area contributed by atoms with Crippen LogP contribution in [0.4, 0.5) is 0 Å². The third-order valence-electron chi connectivity index (χ3n) is 3.20. The minimum absolute atomic E-state index is 0. The van der Waals surface area contributed by atoms with Crippen LogP contribution in [-0.4, -0.2) is 22.2 Å². The summed E-state index contributed by atoms with van der Waals surface area (Å²) >= 11 is 0. The molecule has 4 nitrogen and oxygen atoms in total. The molecule has 0 bridgehead atoms. The van der Waals surface area contributed by atoms with Crippen LogP contribution in [0.25, 0.3) is 0 Å². The molecule has 0 aliphatic rings. The second-order valence-electron chi connectivity index (χ2n) is 4.61.